The van der Waals surface area contributed by atoms with E-state index in [2.05, 4.69) is 0 Å². The Morgan fingerprint density at radius 1 is 0.514 bits per heavy atom. The third-order valence-electron chi connectivity index (χ3n) is 6.68. The summed E-state index contributed by atoms with van der Waals surface area (Å²) in [5.74, 6) is 0. The molecule has 15 nitrogen and oxygen atoms in total. The standard InChI is InChI=1S/C16H27O15P3Si/c1-35(29-11-14-2-20-32(17,21-3-14)22-4-14,30-12-15-5-23-33(18,24-6-15)25-7-15)31-13-16-8-26-34(19,27-9-16)28-10-16/h2-13H2,1H3. The molecule has 9 fully saturated rings. The summed E-state index contributed by atoms with van der Waals surface area (Å²) in [7, 11) is -13.8. The summed E-state index contributed by atoms with van der Waals surface area (Å²) in [6, 6.07) is 0. The van der Waals surface area contributed by atoms with Crippen molar-refractivity contribution in [3.63, 3.8) is 0 Å². The summed E-state index contributed by atoms with van der Waals surface area (Å²) >= 11 is 0. The van der Waals surface area contributed by atoms with Crippen LogP contribution in [0, 0.1) is 16.2 Å². The lowest BCUT2D eigenvalue weighted by molar-refractivity contribution is -0.142. The molecule has 9 aliphatic heterocycles. The fraction of sp³-hybridized carbons (Fsp3) is 1.00. The number of phosphoric acid groups is 3. The average Bonchev–Trinajstić information content (AvgIpc) is 2.88. The van der Waals surface area contributed by atoms with Crippen LogP contribution in [0.3, 0.4) is 0 Å². The Morgan fingerprint density at radius 2 is 0.714 bits per heavy atom. The number of fused-ring (bicyclic) bond motifs is 9. The van der Waals surface area contributed by atoms with Gasteiger partial charge >= 0.3 is 32.3 Å². The van der Waals surface area contributed by atoms with Crippen LogP contribution < -0.4 is 0 Å². The van der Waals surface area contributed by atoms with Crippen LogP contribution in [0.2, 0.25) is 6.55 Å². The zero-order valence-electron chi connectivity index (χ0n) is 19.0. The first-order valence-corrected chi connectivity index (χ1v) is 17.6. The molecule has 9 aliphatic rings. The van der Waals surface area contributed by atoms with Crippen LogP contribution in [0.4, 0.5) is 0 Å². The van der Waals surface area contributed by atoms with Crippen molar-refractivity contribution in [3.05, 3.63) is 0 Å². The summed E-state index contributed by atoms with van der Waals surface area (Å²) in [5, 5.41) is 0. The van der Waals surface area contributed by atoms with Gasteiger partial charge in [-0.05, 0) is 0 Å². The van der Waals surface area contributed by atoms with Gasteiger partial charge in [0.15, 0.2) is 0 Å². The van der Waals surface area contributed by atoms with Gasteiger partial charge in [-0.2, -0.15) is 0 Å². The molecule has 9 heterocycles. The first-order valence-electron chi connectivity index (χ1n) is 11.0. The first-order chi connectivity index (χ1) is 16.5. The normalized spacial score (nSPS) is 50.3. The summed E-state index contributed by atoms with van der Waals surface area (Å²) in [5.41, 5.74) is -2.00. The molecule has 0 saturated carbocycles. The molecule has 200 valence electrons. The number of hydrogen-bond donors (Lipinski definition) is 0. The van der Waals surface area contributed by atoms with E-state index in [0.717, 1.165) is 0 Å². The Hall–Kier alpha value is 0.427. The van der Waals surface area contributed by atoms with Crippen LogP contribution in [0.1, 0.15) is 0 Å². The van der Waals surface area contributed by atoms with Crippen LogP contribution in [0.25, 0.3) is 0 Å². The van der Waals surface area contributed by atoms with Gasteiger partial charge < -0.3 is 13.3 Å². The van der Waals surface area contributed by atoms with Gasteiger partial charge in [0, 0.05) is 6.55 Å². The molecule has 0 unspecified atom stereocenters. The molecule has 0 amide bonds. The van der Waals surface area contributed by atoms with Crippen LogP contribution in [-0.2, 0) is 67.7 Å². The van der Waals surface area contributed by atoms with Crippen LogP contribution in [-0.4, -0.2) is 88.1 Å². The Balaban J connectivity index is 1.13. The van der Waals surface area contributed by atoms with E-state index in [-0.39, 0.29) is 79.3 Å². The lowest BCUT2D eigenvalue weighted by atomic mass is 9.93. The van der Waals surface area contributed by atoms with E-state index in [1.54, 1.807) is 6.55 Å². The predicted molar refractivity (Wildman–Crippen MR) is 113 cm³/mol. The van der Waals surface area contributed by atoms with E-state index in [4.69, 9.17) is 54.0 Å². The lowest BCUT2D eigenvalue weighted by Gasteiger charge is -2.47. The molecule has 9 rings (SSSR count). The number of rotatable bonds is 9. The van der Waals surface area contributed by atoms with Gasteiger partial charge in [0.25, 0.3) is 0 Å². The molecule has 9 saturated heterocycles. The molecule has 0 aromatic heterocycles. The van der Waals surface area contributed by atoms with E-state index in [9.17, 15) is 13.7 Å². The molecule has 0 aromatic rings. The molecule has 19 heteroatoms. The third-order valence-corrected chi connectivity index (χ3v) is 12.7. The van der Waals surface area contributed by atoms with Crippen molar-refractivity contribution in [3.8, 4) is 0 Å². The molecule has 0 spiro atoms. The smallest absolute Gasteiger partial charge is 0.373 e. The van der Waals surface area contributed by atoms with Crippen molar-refractivity contribution in [2.45, 2.75) is 6.55 Å². The molecular formula is C16H27O15P3Si. The SMILES string of the molecule is C[Si](OCC12COP(=O)(OC1)OC2)(OCC12COP(=O)(OC1)OC2)OCC12COP(=O)(OC1)OC2. The maximum Gasteiger partial charge on any atom is 0.497 e. The number of phosphoric ester groups is 3. The van der Waals surface area contributed by atoms with Gasteiger partial charge in [-0.15, -0.1) is 0 Å². The molecule has 0 N–H and O–H groups in total. The van der Waals surface area contributed by atoms with Gasteiger partial charge in [-0.1, -0.05) is 0 Å². The maximum absolute atomic E-state index is 12.1. The van der Waals surface area contributed by atoms with Gasteiger partial charge in [0.1, 0.15) is 0 Å². The summed E-state index contributed by atoms with van der Waals surface area (Å²) in [6.07, 6.45) is 0. The molecule has 35 heavy (non-hydrogen) atoms. The molecule has 0 radical (unpaired) electrons. The largest absolute Gasteiger partial charge is 0.497 e. The monoisotopic (exact) mass is 580 g/mol. The number of hydrogen-bond acceptors (Lipinski definition) is 15. The second kappa shape index (κ2) is 8.72. The van der Waals surface area contributed by atoms with Crippen molar-refractivity contribution in [2.75, 3.05) is 79.3 Å². The molecule has 0 aliphatic carbocycles. The van der Waals surface area contributed by atoms with E-state index in [1.807, 2.05) is 0 Å². The van der Waals surface area contributed by atoms with E-state index in [1.165, 1.54) is 0 Å². The van der Waals surface area contributed by atoms with Gasteiger partial charge in [-0.3, -0.25) is 40.7 Å². The van der Waals surface area contributed by atoms with Crippen molar-refractivity contribution < 1.29 is 67.7 Å². The van der Waals surface area contributed by atoms with Crippen LogP contribution >= 0.6 is 23.5 Å². The highest BCUT2D eigenvalue weighted by molar-refractivity contribution is 7.49. The molecule has 6 bridgehead atoms. The second-order valence-corrected chi connectivity index (χ2v) is 17.6. The predicted octanol–water partition coefficient (Wildman–Crippen LogP) is 2.12. The highest BCUT2D eigenvalue weighted by Crippen LogP contribution is 2.62. The maximum atomic E-state index is 12.1. The highest BCUT2D eigenvalue weighted by Gasteiger charge is 2.56. The van der Waals surface area contributed by atoms with Gasteiger partial charge in [-0.25, -0.2) is 13.7 Å². The van der Waals surface area contributed by atoms with Crippen molar-refractivity contribution >= 4 is 32.3 Å². The zero-order chi connectivity index (χ0) is 24.5. The molecule has 0 aromatic carbocycles. The lowest BCUT2D eigenvalue weighted by Crippen LogP contribution is -2.57. The average molecular weight is 580 g/mol. The Kier molecular flexibility index (Phi) is 6.40. The van der Waals surface area contributed by atoms with E-state index >= 15 is 0 Å². The van der Waals surface area contributed by atoms with E-state index in [0.29, 0.717) is 0 Å². The highest BCUT2D eigenvalue weighted by atomic mass is 31.2. The fourth-order valence-corrected chi connectivity index (χ4v) is 10.5. The third kappa shape index (κ3) is 5.08. The van der Waals surface area contributed by atoms with Gasteiger partial charge in [0.05, 0.1) is 95.5 Å². The molecule has 0 atom stereocenters. The van der Waals surface area contributed by atoms with Crippen molar-refractivity contribution in [1.82, 2.24) is 0 Å². The Labute approximate surface area is 202 Å². The molecular weight excluding hydrogens is 553 g/mol. The van der Waals surface area contributed by atoms with Crippen LogP contribution in [0.15, 0.2) is 0 Å². The minimum Gasteiger partial charge on any atom is -0.373 e. The summed E-state index contributed by atoms with van der Waals surface area (Å²) in [4.78, 5) is 0. The summed E-state index contributed by atoms with van der Waals surface area (Å²) < 4.78 is 102. The van der Waals surface area contributed by atoms with Crippen LogP contribution in [0.5, 0.6) is 0 Å². The first kappa shape index (κ1) is 25.7. The minimum atomic E-state index is -3.46. The minimum absolute atomic E-state index is 0.104. The summed E-state index contributed by atoms with van der Waals surface area (Å²) in [6.45, 7) is 3.40. The van der Waals surface area contributed by atoms with Crippen molar-refractivity contribution in [1.29, 1.82) is 0 Å². The fourth-order valence-electron chi connectivity index (χ4n) is 4.01. The second-order valence-electron chi connectivity index (χ2n) is 10.0. The van der Waals surface area contributed by atoms with Gasteiger partial charge in [0.2, 0.25) is 0 Å². The Morgan fingerprint density at radius 3 is 0.914 bits per heavy atom. The topological polar surface area (TPSA) is 162 Å². The van der Waals surface area contributed by atoms with Crippen molar-refractivity contribution in [2.24, 2.45) is 16.2 Å². The van der Waals surface area contributed by atoms with E-state index < -0.39 is 48.5 Å². The Bertz CT molecular complexity index is 791. The zero-order valence-corrected chi connectivity index (χ0v) is 22.6. The quantitative estimate of drug-likeness (QED) is 0.288.